The van der Waals surface area contributed by atoms with E-state index < -0.39 is 22.9 Å². The summed E-state index contributed by atoms with van der Waals surface area (Å²) in [6.07, 6.45) is -2.15. The average molecular weight is 486 g/mol. The van der Waals surface area contributed by atoms with Crippen molar-refractivity contribution in [1.82, 2.24) is 20.7 Å². The predicted octanol–water partition coefficient (Wildman–Crippen LogP) is 2.35. The molecule has 1 aromatic carbocycles. The van der Waals surface area contributed by atoms with Crippen LogP contribution in [-0.2, 0) is 9.59 Å². The number of hydrogen-bond acceptors (Lipinski definition) is 6. The Balaban J connectivity index is 1.38. The maximum absolute atomic E-state index is 14.3. The van der Waals surface area contributed by atoms with E-state index in [1.807, 2.05) is 7.05 Å². The third kappa shape index (κ3) is 3.58. The minimum atomic E-state index is -4.60. The molecule has 3 aliphatic rings. The lowest BCUT2D eigenvalue weighted by Gasteiger charge is -2.28. The molecule has 35 heavy (non-hydrogen) atoms. The first-order valence-electron chi connectivity index (χ1n) is 11.5. The highest BCUT2D eigenvalue weighted by atomic mass is 19.4. The number of likely N-dealkylation sites (tertiary alicyclic amines) is 1. The van der Waals surface area contributed by atoms with Crippen LogP contribution in [0, 0.1) is 28.1 Å². The molecular formula is C24H25F3N6O2. The van der Waals surface area contributed by atoms with Crippen molar-refractivity contribution < 1.29 is 22.8 Å². The molecule has 2 atom stereocenters. The Bertz CT molecular complexity index is 1240. The highest BCUT2D eigenvalue weighted by Crippen LogP contribution is 2.75. The maximum Gasteiger partial charge on any atom is 0.397 e. The van der Waals surface area contributed by atoms with E-state index in [0.29, 0.717) is 35.0 Å². The number of hydrogen-bond donors (Lipinski definition) is 2. The highest BCUT2D eigenvalue weighted by molar-refractivity contribution is 5.97. The van der Waals surface area contributed by atoms with Crippen molar-refractivity contribution in [1.29, 1.82) is 5.26 Å². The van der Waals surface area contributed by atoms with Crippen LogP contribution >= 0.6 is 0 Å². The molecule has 5 rings (SSSR count). The lowest BCUT2D eigenvalue weighted by atomic mass is 9.95. The summed E-state index contributed by atoms with van der Waals surface area (Å²) in [6, 6.07) is 8.55. The van der Waals surface area contributed by atoms with E-state index >= 15 is 0 Å². The SMILES string of the molecule is CN1CCC(C(=O)NNC(=O)C23CN(c4ccc(C#N)c5ncccc45)CC2(C(F)(F)F)C3)CC1. The van der Waals surface area contributed by atoms with Gasteiger partial charge in [0.2, 0.25) is 11.8 Å². The van der Waals surface area contributed by atoms with E-state index in [-0.39, 0.29) is 31.3 Å². The van der Waals surface area contributed by atoms with Crippen LogP contribution in [0.3, 0.4) is 0 Å². The molecule has 2 amide bonds. The molecule has 2 unspecified atom stereocenters. The lowest BCUT2D eigenvalue weighted by molar-refractivity contribution is -0.191. The van der Waals surface area contributed by atoms with Gasteiger partial charge in [-0.15, -0.1) is 0 Å². The van der Waals surface area contributed by atoms with Gasteiger partial charge < -0.3 is 9.80 Å². The van der Waals surface area contributed by atoms with Crippen LogP contribution in [0.1, 0.15) is 24.8 Å². The summed E-state index contributed by atoms with van der Waals surface area (Å²) in [4.78, 5) is 33.5. The molecule has 184 valence electrons. The summed E-state index contributed by atoms with van der Waals surface area (Å²) in [5.74, 6) is -1.48. The zero-order valence-electron chi connectivity index (χ0n) is 19.2. The van der Waals surface area contributed by atoms with Crippen LogP contribution in [-0.4, -0.2) is 61.1 Å². The third-order valence-electron chi connectivity index (χ3n) is 7.89. The van der Waals surface area contributed by atoms with Crippen LogP contribution in [0.25, 0.3) is 10.9 Å². The number of alkyl halides is 3. The number of carbonyl (C=O) groups is 2. The Hall–Kier alpha value is -3.39. The van der Waals surface area contributed by atoms with Crippen molar-refractivity contribution in [3.05, 3.63) is 36.0 Å². The molecule has 0 radical (unpaired) electrons. The van der Waals surface area contributed by atoms with Crippen LogP contribution < -0.4 is 15.8 Å². The molecule has 3 heterocycles. The molecule has 3 fully saturated rings. The van der Waals surface area contributed by atoms with Gasteiger partial charge in [0.25, 0.3) is 0 Å². The number of piperidine rings is 2. The van der Waals surface area contributed by atoms with Gasteiger partial charge in [-0.3, -0.25) is 25.4 Å². The van der Waals surface area contributed by atoms with Gasteiger partial charge in [0.15, 0.2) is 0 Å². The summed E-state index contributed by atoms with van der Waals surface area (Å²) in [5.41, 5.74) is 1.99. The number of hydrazine groups is 1. The quantitative estimate of drug-likeness (QED) is 0.646. The first-order chi connectivity index (χ1) is 16.6. The van der Waals surface area contributed by atoms with E-state index in [1.54, 1.807) is 23.1 Å². The minimum absolute atomic E-state index is 0.154. The number of anilines is 1. The summed E-state index contributed by atoms with van der Waals surface area (Å²) in [5, 5.41) is 9.92. The molecule has 11 heteroatoms. The van der Waals surface area contributed by atoms with Gasteiger partial charge in [-0.25, -0.2) is 0 Å². The van der Waals surface area contributed by atoms with E-state index in [2.05, 4.69) is 26.8 Å². The number of nitriles is 1. The fourth-order valence-corrected chi connectivity index (χ4v) is 5.73. The molecular weight excluding hydrogens is 461 g/mol. The Kier molecular flexibility index (Phi) is 5.40. The zero-order valence-corrected chi connectivity index (χ0v) is 19.2. The Labute approximate surface area is 200 Å². The number of benzene rings is 1. The number of nitrogens with zero attached hydrogens (tertiary/aromatic N) is 4. The average Bonchev–Trinajstić information content (AvgIpc) is 3.39. The van der Waals surface area contributed by atoms with Crippen LogP contribution in [0.15, 0.2) is 30.5 Å². The molecule has 0 spiro atoms. The van der Waals surface area contributed by atoms with E-state index in [9.17, 15) is 28.0 Å². The molecule has 8 nitrogen and oxygen atoms in total. The fraction of sp³-hybridized carbons (Fsp3) is 0.500. The minimum Gasteiger partial charge on any atom is -0.369 e. The molecule has 2 aliphatic heterocycles. The predicted molar refractivity (Wildman–Crippen MR) is 121 cm³/mol. The van der Waals surface area contributed by atoms with Crippen molar-refractivity contribution in [2.75, 3.05) is 38.1 Å². The maximum atomic E-state index is 14.3. The molecule has 2 saturated heterocycles. The summed E-state index contributed by atoms with van der Waals surface area (Å²) >= 11 is 0. The monoisotopic (exact) mass is 486 g/mol. The van der Waals surface area contributed by atoms with E-state index in [1.165, 1.54) is 12.3 Å². The first-order valence-corrected chi connectivity index (χ1v) is 11.5. The molecule has 2 N–H and O–H groups in total. The summed E-state index contributed by atoms with van der Waals surface area (Å²) in [6.45, 7) is 0.950. The second-order valence-electron chi connectivity index (χ2n) is 9.86. The van der Waals surface area contributed by atoms with Crippen LogP contribution in [0.4, 0.5) is 18.9 Å². The second-order valence-corrected chi connectivity index (χ2v) is 9.86. The number of aromatic nitrogens is 1. The first kappa shape index (κ1) is 23.4. The largest absolute Gasteiger partial charge is 0.397 e. The number of nitrogens with one attached hydrogen (secondary N) is 2. The summed E-state index contributed by atoms with van der Waals surface area (Å²) < 4.78 is 42.9. The van der Waals surface area contributed by atoms with Crippen molar-refractivity contribution in [2.24, 2.45) is 16.7 Å². The number of amides is 2. The molecule has 1 aromatic heterocycles. The molecule has 1 aliphatic carbocycles. The van der Waals surface area contributed by atoms with Gasteiger partial charge in [0.05, 0.1) is 16.5 Å². The zero-order chi connectivity index (χ0) is 25.0. The smallest absolute Gasteiger partial charge is 0.369 e. The van der Waals surface area contributed by atoms with Gasteiger partial charge in [-0.2, -0.15) is 18.4 Å². The van der Waals surface area contributed by atoms with Gasteiger partial charge in [0, 0.05) is 36.3 Å². The number of pyridine rings is 1. The van der Waals surface area contributed by atoms with Crippen LogP contribution in [0.2, 0.25) is 0 Å². The van der Waals surface area contributed by atoms with Crippen molar-refractivity contribution >= 4 is 28.4 Å². The Morgan fingerprint density at radius 1 is 1.17 bits per heavy atom. The van der Waals surface area contributed by atoms with Crippen LogP contribution in [0.5, 0.6) is 0 Å². The second kappa shape index (κ2) is 8.09. The standard InChI is InChI=1S/C24H25F3N6O2/c1-32-9-6-15(7-10-32)20(34)30-31-21(35)22-12-23(22,24(25,26)27)14-33(13-22)18-5-4-16(11-28)19-17(18)3-2-8-29-19/h2-5,8,15H,6-7,9-10,12-14H2,1H3,(H,30,34)(H,31,35). The van der Waals surface area contributed by atoms with Gasteiger partial charge in [-0.05, 0) is 63.7 Å². The van der Waals surface area contributed by atoms with E-state index in [0.717, 1.165) is 13.1 Å². The Morgan fingerprint density at radius 2 is 1.91 bits per heavy atom. The molecule has 0 bridgehead atoms. The third-order valence-corrected chi connectivity index (χ3v) is 7.89. The summed E-state index contributed by atoms with van der Waals surface area (Å²) in [7, 11) is 1.96. The Morgan fingerprint density at radius 3 is 2.60 bits per heavy atom. The number of halogens is 3. The normalized spacial score (nSPS) is 26.8. The molecule has 1 saturated carbocycles. The van der Waals surface area contributed by atoms with Crippen molar-refractivity contribution in [2.45, 2.75) is 25.4 Å². The topological polar surface area (TPSA) is 101 Å². The van der Waals surface area contributed by atoms with Crippen molar-refractivity contribution in [3.8, 4) is 6.07 Å². The van der Waals surface area contributed by atoms with Gasteiger partial charge in [0.1, 0.15) is 11.5 Å². The van der Waals surface area contributed by atoms with Gasteiger partial charge >= 0.3 is 6.18 Å². The highest BCUT2D eigenvalue weighted by Gasteiger charge is 2.86. The van der Waals surface area contributed by atoms with Crippen molar-refractivity contribution in [3.63, 3.8) is 0 Å². The number of rotatable bonds is 3. The fourth-order valence-electron chi connectivity index (χ4n) is 5.73. The number of carbonyl (C=O) groups excluding carboxylic acids is 2. The molecule has 2 aromatic rings. The number of fused-ring (bicyclic) bond motifs is 2. The van der Waals surface area contributed by atoms with Gasteiger partial charge in [-0.1, -0.05) is 0 Å². The van der Waals surface area contributed by atoms with E-state index in [4.69, 9.17) is 0 Å². The lowest BCUT2D eigenvalue weighted by Crippen LogP contribution is -2.51.